The van der Waals surface area contributed by atoms with Crippen LogP contribution in [0.15, 0.2) is 0 Å². The second-order valence-corrected chi connectivity index (χ2v) is 5.60. The first kappa shape index (κ1) is 11.9. The Kier molecular flexibility index (Phi) is 3.53. The van der Waals surface area contributed by atoms with Gasteiger partial charge in [-0.3, -0.25) is 4.79 Å². The summed E-state index contributed by atoms with van der Waals surface area (Å²) in [4.78, 5) is 14.0. The van der Waals surface area contributed by atoms with Gasteiger partial charge in [0, 0.05) is 13.6 Å². The molecule has 3 heteroatoms. The van der Waals surface area contributed by atoms with Crippen LogP contribution < -0.4 is 0 Å². The fraction of sp³-hybridized carbons (Fsp3) is 0.923. The van der Waals surface area contributed by atoms with Crippen LogP contribution in [0.4, 0.5) is 0 Å². The number of hydrogen-bond acceptors (Lipinski definition) is 2. The fourth-order valence-corrected chi connectivity index (χ4v) is 2.71. The standard InChI is InChI=1S/C13H23NO2/c1-14(9-6-11-4-2-5-11)12(16)13(10-15)7-3-8-13/h11,15H,2-10H2,1H3. The molecule has 1 N–H and O–H groups in total. The molecule has 0 unspecified atom stereocenters. The monoisotopic (exact) mass is 225 g/mol. The zero-order valence-corrected chi connectivity index (χ0v) is 10.2. The third-order valence-corrected chi connectivity index (χ3v) is 4.51. The topological polar surface area (TPSA) is 40.5 Å². The van der Waals surface area contributed by atoms with Crippen molar-refractivity contribution in [3.8, 4) is 0 Å². The summed E-state index contributed by atoms with van der Waals surface area (Å²) in [6, 6.07) is 0. The van der Waals surface area contributed by atoms with Crippen LogP contribution in [0, 0.1) is 11.3 Å². The number of aliphatic hydroxyl groups excluding tert-OH is 1. The van der Waals surface area contributed by atoms with Crippen LogP contribution in [0.3, 0.4) is 0 Å². The van der Waals surface area contributed by atoms with E-state index in [1.165, 1.54) is 19.3 Å². The van der Waals surface area contributed by atoms with Crippen molar-refractivity contribution in [1.29, 1.82) is 0 Å². The number of amides is 1. The highest BCUT2D eigenvalue weighted by Gasteiger charge is 2.45. The third-order valence-electron chi connectivity index (χ3n) is 4.51. The van der Waals surface area contributed by atoms with Crippen molar-refractivity contribution >= 4 is 5.91 Å². The van der Waals surface area contributed by atoms with Crippen molar-refractivity contribution in [2.45, 2.75) is 44.9 Å². The van der Waals surface area contributed by atoms with E-state index in [4.69, 9.17) is 0 Å². The number of carbonyl (C=O) groups is 1. The normalized spacial score (nSPS) is 23.4. The summed E-state index contributed by atoms with van der Waals surface area (Å²) in [7, 11) is 1.89. The van der Waals surface area contributed by atoms with Gasteiger partial charge >= 0.3 is 0 Å². The van der Waals surface area contributed by atoms with Crippen LogP contribution in [0.2, 0.25) is 0 Å². The maximum absolute atomic E-state index is 12.2. The quantitative estimate of drug-likeness (QED) is 0.775. The summed E-state index contributed by atoms with van der Waals surface area (Å²) in [6.07, 6.45) is 8.02. The molecule has 3 nitrogen and oxygen atoms in total. The highest BCUT2D eigenvalue weighted by molar-refractivity contribution is 5.83. The smallest absolute Gasteiger partial charge is 0.230 e. The van der Waals surface area contributed by atoms with E-state index in [1.54, 1.807) is 0 Å². The minimum Gasteiger partial charge on any atom is -0.395 e. The Morgan fingerprint density at radius 1 is 1.38 bits per heavy atom. The Morgan fingerprint density at radius 2 is 2.06 bits per heavy atom. The highest BCUT2D eigenvalue weighted by atomic mass is 16.3. The van der Waals surface area contributed by atoms with E-state index in [0.29, 0.717) is 0 Å². The molecule has 0 aromatic rings. The molecule has 0 spiro atoms. The molecule has 2 aliphatic carbocycles. The number of nitrogens with zero attached hydrogens (tertiary/aromatic N) is 1. The lowest BCUT2D eigenvalue weighted by Gasteiger charge is -2.41. The summed E-state index contributed by atoms with van der Waals surface area (Å²) < 4.78 is 0. The zero-order chi connectivity index (χ0) is 11.6. The van der Waals surface area contributed by atoms with Crippen molar-refractivity contribution in [1.82, 2.24) is 4.90 Å². The summed E-state index contributed by atoms with van der Waals surface area (Å²) in [5, 5.41) is 9.34. The fourth-order valence-electron chi connectivity index (χ4n) is 2.71. The lowest BCUT2D eigenvalue weighted by Crippen LogP contribution is -2.49. The number of rotatable bonds is 5. The molecule has 1 amide bonds. The maximum Gasteiger partial charge on any atom is 0.230 e. The van der Waals surface area contributed by atoms with Gasteiger partial charge in [-0.2, -0.15) is 0 Å². The van der Waals surface area contributed by atoms with Gasteiger partial charge in [0.15, 0.2) is 0 Å². The predicted molar refractivity (Wildman–Crippen MR) is 63.0 cm³/mol. The van der Waals surface area contributed by atoms with E-state index in [9.17, 15) is 9.90 Å². The lowest BCUT2D eigenvalue weighted by molar-refractivity contribution is -0.149. The first-order chi connectivity index (χ1) is 7.68. The molecular weight excluding hydrogens is 202 g/mol. The molecule has 0 heterocycles. The van der Waals surface area contributed by atoms with Gasteiger partial charge in [0.25, 0.3) is 0 Å². The van der Waals surface area contributed by atoms with Gasteiger partial charge in [-0.05, 0) is 25.2 Å². The van der Waals surface area contributed by atoms with Gasteiger partial charge in [0.1, 0.15) is 0 Å². The Hall–Kier alpha value is -0.570. The lowest BCUT2D eigenvalue weighted by atomic mass is 9.68. The summed E-state index contributed by atoms with van der Waals surface area (Å²) in [5.74, 6) is 1.02. The first-order valence-electron chi connectivity index (χ1n) is 6.54. The maximum atomic E-state index is 12.2. The molecule has 2 rings (SSSR count). The van der Waals surface area contributed by atoms with Crippen LogP contribution in [0.5, 0.6) is 0 Å². The van der Waals surface area contributed by atoms with Crippen LogP contribution in [0.1, 0.15) is 44.9 Å². The molecule has 92 valence electrons. The molecule has 0 aliphatic heterocycles. The number of aliphatic hydroxyl groups is 1. The highest BCUT2D eigenvalue weighted by Crippen LogP contribution is 2.42. The molecule has 0 aromatic heterocycles. The minimum absolute atomic E-state index is 0.0274. The summed E-state index contributed by atoms with van der Waals surface area (Å²) >= 11 is 0. The van der Waals surface area contributed by atoms with Gasteiger partial charge in [-0.1, -0.05) is 25.7 Å². The molecule has 0 saturated heterocycles. The Balaban J connectivity index is 1.78. The molecule has 0 bridgehead atoms. The molecule has 2 saturated carbocycles. The van der Waals surface area contributed by atoms with Crippen LogP contribution in [-0.2, 0) is 4.79 Å². The third kappa shape index (κ3) is 2.10. The van der Waals surface area contributed by atoms with E-state index >= 15 is 0 Å². The van der Waals surface area contributed by atoms with E-state index in [0.717, 1.165) is 38.1 Å². The van der Waals surface area contributed by atoms with Crippen molar-refractivity contribution in [2.24, 2.45) is 11.3 Å². The van der Waals surface area contributed by atoms with Crippen LogP contribution >= 0.6 is 0 Å². The van der Waals surface area contributed by atoms with Gasteiger partial charge in [0.2, 0.25) is 5.91 Å². The van der Waals surface area contributed by atoms with Crippen molar-refractivity contribution in [3.05, 3.63) is 0 Å². The van der Waals surface area contributed by atoms with Gasteiger partial charge in [-0.25, -0.2) is 0 Å². The molecule has 0 atom stereocenters. The van der Waals surface area contributed by atoms with Gasteiger partial charge < -0.3 is 10.0 Å². The number of hydrogen-bond donors (Lipinski definition) is 1. The Bertz CT molecular complexity index is 251. The van der Waals surface area contributed by atoms with E-state index in [1.807, 2.05) is 11.9 Å². The molecule has 2 aliphatic rings. The molecule has 0 radical (unpaired) electrons. The number of carbonyl (C=O) groups excluding carboxylic acids is 1. The van der Waals surface area contributed by atoms with Gasteiger partial charge in [-0.15, -0.1) is 0 Å². The minimum atomic E-state index is -0.408. The second kappa shape index (κ2) is 4.74. The average molecular weight is 225 g/mol. The van der Waals surface area contributed by atoms with Crippen molar-refractivity contribution in [2.75, 3.05) is 20.2 Å². The van der Waals surface area contributed by atoms with Crippen LogP contribution in [-0.4, -0.2) is 36.1 Å². The first-order valence-corrected chi connectivity index (χ1v) is 6.54. The largest absolute Gasteiger partial charge is 0.395 e. The summed E-state index contributed by atoms with van der Waals surface area (Å²) in [5.41, 5.74) is -0.408. The van der Waals surface area contributed by atoms with E-state index in [2.05, 4.69) is 0 Å². The Labute approximate surface area is 97.8 Å². The van der Waals surface area contributed by atoms with Crippen LogP contribution in [0.25, 0.3) is 0 Å². The second-order valence-electron chi connectivity index (χ2n) is 5.60. The zero-order valence-electron chi connectivity index (χ0n) is 10.2. The summed E-state index contributed by atoms with van der Waals surface area (Å²) in [6.45, 7) is 0.894. The molecular formula is C13H23NO2. The molecule has 0 aromatic carbocycles. The average Bonchev–Trinajstić information content (AvgIpc) is 2.14. The Morgan fingerprint density at radius 3 is 2.44 bits per heavy atom. The molecule has 16 heavy (non-hydrogen) atoms. The van der Waals surface area contributed by atoms with Crippen molar-refractivity contribution in [3.63, 3.8) is 0 Å². The molecule has 2 fully saturated rings. The predicted octanol–water partition coefficient (Wildman–Crippen LogP) is 1.80. The SMILES string of the molecule is CN(CCC1CCC1)C(=O)C1(CO)CCC1. The van der Waals surface area contributed by atoms with E-state index in [-0.39, 0.29) is 12.5 Å². The van der Waals surface area contributed by atoms with E-state index < -0.39 is 5.41 Å². The van der Waals surface area contributed by atoms with Crippen molar-refractivity contribution < 1.29 is 9.90 Å². The van der Waals surface area contributed by atoms with Gasteiger partial charge in [0.05, 0.1) is 12.0 Å².